The van der Waals surface area contributed by atoms with E-state index in [1.165, 1.54) is 5.56 Å². The van der Waals surface area contributed by atoms with E-state index in [0.717, 1.165) is 34.4 Å². The van der Waals surface area contributed by atoms with Crippen molar-refractivity contribution in [1.29, 1.82) is 0 Å². The van der Waals surface area contributed by atoms with Crippen LogP contribution in [0.15, 0.2) is 72.8 Å². The molecule has 0 saturated heterocycles. The van der Waals surface area contributed by atoms with Gasteiger partial charge in [-0.05, 0) is 36.6 Å². The van der Waals surface area contributed by atoms with Crippen LogP contribution in [0, 0.1) is 6.92 Å². The lowest BCUT2D eigenvalue weighted by Crippen LogP contribution is -2.37. The lowest BCUT2D eigenvalue weighted by Gasteiger charge is -2.29. The zero-order valence-electron chi connectivity index (χ0n) is 15.5. The lowest BCUT2D eigenvalue weighted by atomic mass is 9.97. The van der Waals surface area contributed by atoms with E-state index >= 15 is 0 Å². The van der Waals surface area contributed by atoms with E-state index < -0.39 is 0 Å². The van der Waals surface area contributed by atoms with E-state index in [1.807, 2.05) is 53.4 Å². The Balaban J connectivity index is 1.50. The number of aryl methyl sites for hydroxylation is 1. The summed E-state index contributed by atoms with van der Waals surface area (Å²) in [7, 11) is 0. The quantitative estimate of drug-likeness (QED) is 0.658. The molecule has 3 aromatic rings. The van der Waals surface area contributed by atoms with Crippen LogP contribution in [0.3, 0.4) is 0 Å². The highest BCUT2D eigenvalue weighted by Crippen LogP contribution is 2.29. The second kappa shape index (κ2) is 7.67. The molecule has 1 aliphatic rings. The SMILES string of the molecule is Cc1ccc(CN2CCc3c(OCc4ccccc4)cccc3C2=O)cc1. The van der Waals surface area contributed by atoms with E-state index in [1.54, 1.807) is 0 Å². The van der Waals surface area contributed by atoms with Gasteiger partial charge in [-0.2, -0.15) is 0 Å². The highest BCUT2D eigenvalue weighted by atomic mass is 16.5. The van der Waals surface area contributed by atoms with E-state index in [9.17, 15) is 4.79 Å². The maximum Gasteiger partial charge on any atom is 0.254 e. The number of hydrogen-bond acceptors (Lipinski definition) is 2. The van der Waals surface area contributed by atoms with Gasteiger partial charge in [-0.15, -0.1) is 0 Å². The van der Waals surface area contributed by atoms with Crippen LogP contribution in [0.1, 0.15) is 32.6 Å². The smallest absolute Gasteiger partial charge is 0.254 e. The number of benzene rings is 3. The molecular formula is C24H23NO2. The number of carbonyl (C=O) groups is 1. The summed E-state index contributed by atoms with van der Waals surface area (Å²) in [5.74, 6) is 0.904. The molecule has 0 N–H and O–H groups in total. The zero-order valence-corrected chi connectivity index (χ0v) is 15.5. The predicted octanol–water partition coefficient (Wildman–Crippen LogP) is 4.77. The molecular weight excluding hydrogens is 334 g/mol. The molecule has 0 unspecified atom stereocenters. The number of amides is 1. The maximum atomic E-state index is 13.0. The van der Waals surface area contributed by atoms with Gasteiger partial charge in [0.15, 0.2) is 0 Å². The van der Waals surface area contributed by atoms with Gasteiger partial charge in [0.05, 0.1) is 0 Å². The molecule has 0 fully saturated rings. The Labute approximate surface area is 160 Å². The van der Waals surface area contributed by atoms with Crippen LogP contribution >= 0.6 is 0 Å². The summed E-state index contributed by atoms with van der Waals surface area (Å²) in [5, 5.41) is 0. The van der Waals surface area contributed by atoms with Gasteiger partial charge in [0.1, 0.15) is 12.4 Å². The minimum Gasteiger partial charge on any atom is -0.489 e. The number of carbonyl (C=O) groups excluding carboxylic acids is 1. The zero-order chi connectivity index (χ0) is 18.6. The molecule has 0 bridgehead atoms. The van der Waals surface area contributed by atoms with Crippen molar-refractivity contribution in [2.24, 2.45) is 0 Å². The largest absolute Gasteiger partial charge is 0.489 e. The minimum absolute atomic E-state index is 0.0852. The van der Waals surface area contributed by atoms with Crippen molar-refractivity contribution in [2.75, 3.05) is 6.54 Å². The monoisotopic (exact) mass is 357 g/mol. The second-order valence-electron chi connectivity index (χ2n) is 7.02. The van der Waals surface area contributed by atoms with E-state index in [4.69, 9.17) is 4.74 Å². The Hall–Kier alpha value is -3.07. The summed E-state index contributed by atoms with van der Waals surface area (Å²) >= 11 is 0. The van der Waals surface area contributed by atoms with Gasteiger partial charge in [-0.25, -0.2) is 0 Å². The number of rotatable bonds is 5. The summed E-state index contributed by atoms with van der Waals surface area (Å²) in [6, 6.07) is 24.3. The van der Waals surface area contributed by atoms with Gasteiger partial charge in [-0.3, -0.25) is 4.79 Å². The van der Waals surface area contributed by atoms with Crippen molar-refractivity contribution in [2.45, 2.75) is 26.5 Å². The molecule has 1 aliphatic heterocycles. The summed E-state index contributed by atoms with van der Waals surface area (Å²) in [6.45, 7) is 3.95. The van der Waals surface area contributed by atoms with E-state index in [-0.39, 0.29) is 5.91 Å². The molecule has 0 saturated carbocycles. The third-order valence-corrected chi connectivity index (χ3v) is 5.01. The fourth-order valence-electron chi connectivity index (χ4n) is 3.48. The fraction of sp³-hybridized carbons (Fsp3) is 0.208. The number of hydrogen-bond donors (Lipinski definition) is 0. The van der Waals surface area contributed by atoms with Gasteiger partial charge in [0, 0.05) is 24.2 Å². The molecule has 0 aromatic heterocycles. The fourth-order valence-corrected chi connectivity index (χ4v) is 3.48. The Kier molecular flexibility index (Phi) is 4.93. The molecule has 1 amide bonds. The molecule has 3 heteroatoms. The average Bonchev–Trinajstić information content (AvgIpc) is 2.71. The van der Waals surface area contributed by atoms with Crippen LogP contribution in [0.25, 0.3) is 0 Å². The number of fused-ring (bicyclic) bond motifs is 1. The van der Waals surface area contributed by atoms with Crippen molar-refractivity contribution in [3.63, 3.8) is 0 Å². The van der Waals surface area contributed by atoms with Gasteiger partial charge in [-0.1, -0.05) is 66.2 Å². The van der Waals surface area contributed by atoms with Crippen molar-refractivity contribution in [3.8, 4) is 5.75 Å². The Morgan fingerprint density at radius 1 is 0.889 bits per heavy atom. The standard InChI is InChI=1S/C24H23NO2/c1-18-10-12-19(13-11-18)16-25-15-14-21-22(24(25)26)8-5-9-23(21)27-17-20-6-3-2-4-7-20/h2-13H,14-17H2,1H3. The molecule has 4 rings (SSSR count). The second-order valence-corrected chi connectivity index (χ2v) is 7.02. The molecule has 0 aliphatic carbocycles. The molecule has 0 spiro atoms. The highest BCUT2D eigenvalue weighted by molar-refractivity contribution is 5.97. The summed E-state index contributed by atoms with van der Waals surface area (Å²) in [5.41, 5.74) is 5.30. The molecule has 3 nitrogen and oxygen atoms in total. The average molecular weight is 357 g/mol. The number of ether oxygens (including phenoxy) is 1. The van der Waals surface area contributed by atoms with E-state index in [0.29, 0.717) is 19.7 Å². The maximum absolute atomic E-state index is 13.0. The molecule has 136 valence electrons. The first-order valence-corrected chi connectivity index (χ1v) is 9.34. The van der Waals surface area contributed by atoms with Crippen LogP contribution in [-0.2, 0) is 19.6 Å². The normalized spacial score (nSPS) is 13.4. The third-order valence-electron chi connectivity index (χ3n) is 5.01. The van der Waals surface area contributed by atoms with Crippen LogP contribution < -0.4 is 4.74 Å². The molecule has 27 heavy (non-hydrogen) atoms. The topological polar surface area (TPSA) is 29.5 Å². The first-order chi connectivity index (χ1) is 13.2. The van der Waals surface area contributed by atoms with Crippen LogP contribution in [0.4, 0.5) is 0 Å². The van der Waals surface area contributed by atoms with Gasteiger partial charge in [0.25, 0.3) is 5.91 Å². The Morgan fingerprint density at radius 2 is 1.67 bits per heavy atom. The van der Waals surface area contributed by atoms with Crippen LogP contribution in [0.5, 0.6) is 5.75 Å². The lowest BCUT2D eigenvalue weighted by molar-refractivity contribution is 0.0725. The molecule has 0 radical (unpaired) electrons. The van der Waals surface area contributed by atoms with E-state index in [2.05, 4.69) is 31.2 Å². The molecule has 3 aromatic carbocycles. The summed E-state index contributed by atoms with van der Waals surface area (Å²) in [6.07, 6.45) is 0.817. The van der Waals surface area contributed by atoms with Crippen molar-refractivity contribution < 1.29 is 9.53 Å². The first kappa shape index (κ1) is 17.3. The summed E-state index contributed by atoms with van der Waals surface area (Å²) < 4.78 is 6.03. The van der Waals surface area contributed by atoms with Crippen molar-refractivity contribution in [3.05, 3.63) is 101 Å². The van der Waals surface area contributed by atoms with Gasteiger partial charge < -0.3 is 9.64 Å². The van der Waals surface area contributed by atoms with Crippen molar-refractivity contribution >= 4 is 5.91 Å². The van der Waals surface area contributed by atoms with Gasteiger partial charge in [0.2, 0.25) is 0 Å². The predicted molar refractivity (Wildman–Crippen MR) is 107 cm³/mol. The van der Waals surface area contributed by atoms with Gasteiger partial charge >= 0.3 is 0 Å². The highest BCUT2D eigenvalue weighted by Gasteiger charge is 2.26. The minimum atomic E-state index is 0.0852. The summed E-state index contributed by atoms with van der Waals surface area (Å²) in [4.78, 5) is 14.9. The molecule has 0 atom stereocenters. The van der Waals surface area contributed by atoms with Crippen molar-refractivity contribution in [1.82, 2.24) is 4.90 Å². The Morgan fingerprint density at radius 3 is 2.44 bits per heavy atom. The Bertz CT molecular complexity index is 932. The third kappa shape index (κ3) is 3.87. The first-order valence-electron chi connectivity index (χ1n) is 9.34. The van der Waals surface area contributed by atoms with Crippen LogP contribution in [-0.4, -0.2) is 17.4 Å². The molecule has 1 heterocycles. The van der Waals surface area contributed by atoms with Crippen LogP contribution in [0.2, 0.25) is 0 Å². The number of nitrogens with zero attached hydrogens (tertiary/aromatic N) is 1.